The summed E-state index contributed by atoms with van der Waals surface area (Å²) in [5, 5.41) is 8.71. The molecule has 0 unspecified atom stereocenters. The van der Waals surface area contributed by atoms with Crippen LogP contribution in [0.5, 0.6) is 5.75 Å². The van der Waals surface area contributed by atoms with Gasteiger partial charge in [0.05, 0.1) is 5.41 Å². The van der Waals surface area contributed by atoms with Crippen molar-refractivity contribution in [3.8, 4) is 5.75 Å². The van der Waals surface area contributed by atoms with Gasteiger partial charge in [0, 0.05) is 23.7 Å². The summed E-state index contributed by atoms with van der Waals surface area (Å²) in [5.41, 5.74) is 2.11. The molecule has 0 aliphatic carbocycles. The molecular formula is C28H38BClF2NO3. The molecule has 1 aliphatic rings. The largest absolute Gasteiger partial charge is 0.492 e. The zero-order valence-electron chi connectivity index (χ0n) is 21.8. The van der Waals surface area contributed by atoms with Gasteiger partial charge >= 0.3 is 0 Å². The number of rotatable bonds is 10. The number of carbonyl (C=O) groups is 1. The van der Waals surface area contributed by atoms with Gasteiger partial charge in [0.1, 0.15) is 25.4 Å². The van der Waals surface area contributed by atoms with Crippen LogP contribution in [0.25, 0.3) is 0 Å². The van der Waals surface area contributed by atoms with Crippen LogP contribution in [-0.4, -0.2) is 55.9 Å². The fourth-order valence-corrected chi connectivity index (χ4v) is 4.80. The molecule has 0 aromatic heterocycles. The van der Waals surface area contributed by atoms with Crippen LogP contribution in [-0.2, 0) is 10.2 Å². The topological polar surface area (TPSA) is 49.8 Å². The van der Waals surface area contributed by atoms with Gasteiger partial charge in [-0.25, -0.2) is 8.78 Å². The number of likely N-dealkylation sites (tertiary alicyclic amines) is 1. The molecule has 1 fully saturated rings. The maximum Gasteiger partial charge on any atom is 0.263 e. The maximum atomic E-state index is 13.2. The van der Waals surface area contributed by atoms with Crippen LogP contribution in [0.1, 0.15) is 62.6 Å². The Morgan fingerprint density at radius 3 is 2.44 bits per heavy atom. The van der Waals surface area contributed by atoms with Crippen molar-refractivity contribution in [3.05, 3.63) is 58.1 Å². The van der Waals surface area contributed by atoms with E-state index in [1.54, 1.807) is 33.2 Å². The Bertz CT molecular complexity index is 979. The van der Waals surface area contributed by atoms with E-state index in [9.17, 15) is 13.6 Å². The second kappa shape index (κ2) is 14.7. The molecule has 0 spiro atoms. The van der Waals surface area contributed by atoms with Gasteiger partial charge in [-0.15, -0.1) is 0 Å². The molecule has 8 heteroatoms. The van der Waals surface area contributed by atoms with E-state index >= 15 is 0 Å². The van der Waals surface area contributed by atoms with Crippen molar-refractivity contribution in [3.63, 3.8) is 0 Å². The number of ether oxygens (including phenoxy) is 1. The highest BCUT2D eigenvalue weighted by atomic mass is 35.5. The minimum atomic E-state index is -2.54. The van der Waals surface area contributed by atoms with E-state index in [0.717, 1.165) is 49.9 Å². The number of benzene rings is 2. The fourth-order valence-electron chi connectivity index (χ4n) is 4.62. The number of alkyl halides is 2. The zero-order valence-corrected chi connectivity index (χ0v) is 22.6. The third-order valence-electron chi connectivity index (χ3n) is 6.89. The number of aryl methyl sites for hydroxylation is 1. The maximum absolute atomic E-state index is 13.2. The van der Waals surface area contributed by atoms with Crippen LogP contribution in [0.15, 0.2) is 36.4 Å². The third kappa shape index (κ3) is 8.02. The number of piperidine rings is 1. The van der Waals surface area contributed by atoms with E-state index in [2.05, 4.69) is 11.8 Å². The molecule has 1 N–H and O–H groups in total. The first-order chi connectivity index (χ1) is 17.2. The number of carbonyl (C=O) groups excluding carboxylic acids is 1. The van der Waals surface area contributed by atoms with Gasteiger partial charge < -0.3 is 9.84 Å². The van der Waals surface area contributed by atoms with E-state index in [0.29, 0.717) is 36.0 Å². The average Bonchev–Trinajstić information content (AvgIpc) is 2.86. The molecule has 2 aromatic carbocycles. The van der Waals surface area contributed by atoms with Crippen molar-refractivity contribution in [1.29, 1.82) is 0 Å². The molecule has 0 amide bonds. The van der Waals surface area contributed by atoms with Crippen molar-refractivity contribution >= 4 is 30.1 Å². The quantitative estimate of drug-likeness (QED) is 0.406. The Balaban J connectivity index is 0.000000830. The highest BCUT2D eigenvalue weighted by Crippen LogP contribution is 2.39. The van der Waals surface area contributed by atoms with Gasteiger partial charge in [0.25, 0.3) is 6.43 Å². The minimum absolute atomic E-state index is 0.0129. The van der Waals surface area contributed by atoms with Crippen LogP contribution in [0.2, 0.25) is 11.8 Å². The van der Waals surface area contributed by atoms with Gasteiger partial charge in [-0.05, 0) is 81.6 Å². The molecule has 0 saturated carbocycles. The lowest BCUT2D eigenvalue weighted by Gasteiger charge is -2.41. The highest BCUT2D eigenvalue weighted by Gasteiger charge is 2.41. The summed E-state index contributed by atoms with van der Waals surface area (Å²) in [6.07, 6.45) is 0.947. The van der Waals surface area contributed by atoms with Crippen LogP contribution in [0.4, 0.5) is 8.78 Å². The van der Waals surface area contributed by atoms with Crippen molar-refractivity contribution < 1.29 is 23.4 Å². The molecule has 197 valence electrons. The first-order valence-electron chi connectivity index (χ1n) is 12.6. The Morgan fingerprint density at radius 1 is 1.22 bits per heavy atom. The van der Waals surface area contributed by atoms with Gasteiger partial charge in [-0.1, -0.05) is 49.4 Å². The lowest BCUT2D eigenvalue weighted by molar-refractivity contribution is -0.124. The second-order valence-corrected chi connectivity index (χ2v) is 9.68. The van der Waals surface area contributed by atoms with Gasteiger partial charge in [-0.2, -0.15) is 0 Å². The second-order valence-electron chi connectivity index (χ2n) is 9.24. The summed E-state index contributed by atoms with van der Waals surface area (Å²) in [5.74, 6) is 0.617. The molecule has 1 heterocycles. The normalized spacial score (nSPS) is 15.2. The van der Waals surface area contributed by atoms with Crippen molar-refractivity contribution in [2.75, 3.05) is 32.8 Å². The summed E-state index contributed by atoms with van der Waals surface area (Å²) in [6.45, 7) is 10.4. The van der Waals surface area contributed by atoms with Crippen LogP contribution in [0, 0.1) is 6.92 Å². The first-order valence-corrected chi connectivity index (χ1v) is 13.0. The number of aliphatic hydroxyl groups is 1. The number of unbranched alkanes of at least 4 members (excludes halogenated alkanes) is 1. The Morgan fingerprint density at radius 2 is 1.92 bits per heavy atom. The van der Waals surface area contributed by atoms with Crippen molar-refractivity contribution in [2.45, 2.75) is 65.1 Å². The molecule has 1 saturated heterocycles. The monoisotopic (exact) mass is 520 g/mol. The molecule has 0 bridgehead atoms. The number of aliphatic hydroxyl groups excluding tert-OH is 1. The zero-order chi connectivity index (χ0) is 26.7. The number of hydrogen-bond donors (Lipinski definition) is 1. The predicted molar refractivity (Wildman–Crippen MR) is 144 cm³/mol. The predicted octanol–water partition coefficient (Wildman–Crippen LogP) is 5.74. The number of halogens is 3. The summed E-state index contributed by atoms with van der Waals surface area (Å²) in [7, 11) is 1.67. The molecular weight excluding hydrogens is 483 g/mol. The van der Waals surface area contributed by atoms with Crippen LogP contribution < -0.4 is 10.2 Å². The van der Waals surface area contributed by atoms with E-state index in [1.807, 2.05) is 25.1 Å². The van der Waals surface area contributed by atoms with E-state index < -0.39 is 11.8 Å². The number of Topliss-reactive ketones (excluding diaryl/α,β-unsaturated/α-hetero) is 1. The van der Waals surface area contributed by atoms with Gasteiger partial charge in [0.15, 0.2) is 0 Å². The molecule has 4 nitrogen and oxygen atoms in total. The summed E-state index contributed by atoms with van der Waals surface area (Å²) < 4.78 is 32.2. The van der Waals surface area contributed by atoms with E-state index in [-0.39, 0.29) is 11.3 Å². The van der Waals surface area contributed by atoms with Crippen LogP contribution in [0.3, 0.4) is 0 Å². The minimum Gasteiger partial charge on any atom is -0.492 e. The van der Waals surface area contributed by atoms with E-state index in [1.165, 1.54) is 6.07 Å². The molecule has 1 radical (unpaired) electrons. The fraction of sp³-hybridized carbons (Fsp3) is 0.536. The van der Waals surface area contributed by atoms with E-state index in [4.69, 9.17) is 21.4 Å². The lowest BCUT2D eigenvalue weighted by atomic mass is 9.69. The average molecular weight is 521 g/mol. The summed E-state index contributed by atoms with van der Waals surface area (Å²) in [4.78, 5) is 14.9. The summed E-state index contributed by atoms with van der Waals surface area (Å²) in [6, 6.07) is 10.5. The van der Waals surface area contributed by atoms with Gasteiger partial charge in [0.2, 0.25) is 0 Å². The Hall–Kier alpha value is -1.96. The summed E-state index contributed by atoms with van der Waals surface area (Å²) >= 11 is 6.22. The highest BCUT2D eigenvalue weighted by molar-refractivity contribution is 6.52. The number of ketones is 1. The lowest BCUT2D eigenvalue weighted by Crippen LogP contribution is -2.47. The molecule has 36 heavy (non-hydrogen) atoms. The molecule has 1 aliphatic heterocycles. The third-order valence-corrected chi connectivity index (χ3v) is 7.13. The Labute approximate surface area is 220 Å². The van der Waals surface area contributed by atoms with Crippen LogP contribution >= 0.6 is 11.6 Å². The van der Waals surface area contributed by atoms with Crippen molar-refractivity contribution in [1.82, 2.24) is 4.90 Å². The first kappa shape index (κ1) is 30.3. The molecule has 3 rings (SSSR count). The molecule has 0 atom stereocenters. The smallest absolute Gasteiger partial charge is 0.263 e. The standard InChI is InChI=1S/C24H28BClF2NO2.C4H10O/c1-16-4-5-18(26)14-21(16)24(17(2)30)8-10-29(11-9-24)12-13-31-19-6-7-22(25-3)20(15-19)23(27)28;1-2-3-4-5/h4-7,14-15,23H,8-13H2,1-3H3;5H,2-4H2,1H3. The number of hydrogen-bond acceptors (Lipinski definition) is 4. The Kier molecular flexibility index (Phi) is 12.4. The number of nitrogens with zero attached hydrogens (tertiary/aromatic N) is 1. The van der Waals surface area contributed by atoms with Gasteiger partial charge in [-0.3, -0.25) is 9.69 Å². The SMILES string of the molecule is CCCCO.C[B]c1ccc(OCCN2CCC(C(C)=O)(c3cc(Cl)ccc3C)CC2)cc1C(F)F. The molecule has 2 aromatic rings. The van der Waals surface area contributed by atoms with Crippen molar-refractivity contribution in [2.24, 2.45) is 0 Å².